The summed E-state index contributed by atoms with van der Waals surface area (Å²) < 4.78 is 6.18. The Morgan fingerprint density at radius 2 is 1.63 bits per heavy atom. The quantitative estimate of drug-likeness (QED) is 0.620. The number of hydrogen-bond acceptors (Lipinski definition) is 5. The highest BCUT2D eigenvalue weighted by molar-refractivity contribution is 4.96. The highest BCUT2D eigenvalue weighted by Crippen LogP contribution is 2.39. The number of aliphatic hydroxyl groups is 3. The summed E-state index contributed by atoms with van der Waals surface area (Å²) >= 11 is 0. The van der Waals surface area contributed by atoms with Crippen LogP contribution in [0.4, 0.5) is 0 Å². The molecule has 0 saturated carbocycles. The molecule has 0 aliphatic carbocycles. The second-order valence-corrected chi connectivity index (χ2v) is 11.3. The third-order valence-corrected chi connectivity index (χ3v) is 7.54. The Morgan fingerprint density at radius 3 is 2.13 bits per heavy atom. The van der Waals surface area contributed by atoms with Gasteiger partial charge in [0, 0.05) is 19.2 Å². The first-order chi connectivity index (χ1) is 13.6. The summed E-state index contributed by atoms with van der Waals surface area (Å²) in [6.45, 7) is 20.0. The maximum atomic E-state index is 11.5. The lowest BCUT2D eigenvalue weighted by Gasteiger charge is -2.43. The standard InChI is InChI=1S/C25H51NO4/c1-11-21-25(9,29)23(27)20(7)26(10)14-18(5)13-24(8,28)22(16(2)3)19(6)12-17(4)15-30-21/h16-23,27-29H,11-15H2,1-10H3/t17-,18-,19+,20-,21-,22-,23-,24-,25-/m1/s1. The van der Waals surface area contributed by atoms with Gasteiger partial charge in [0.15, 0.2) is 0 Å². The van der Waals surface area contributed by atoms with Crippen molar-refractivity contribution >= 4 is 0 Å². The second-order valence-electron chi connectivity index (χ2n) is 11.3. The molecule has 1 saturated heterocycles. The molecule has 0 aromatic heterocycles. The highest BCUT2D eigenvalue weighted by atomic mass is 16.5. The van der Waals surface area contributed by atoms with E-state index in [1.54, 1.807) is 6.92 Å². The fraction of sp³-hybridized carbons (Fsp3) is 1.00. The Hall–Kier alpha value is -0.200. The van der Waals surface area contributed by atoms with Gasteiger partial charge in [-0.2, -0.15) is 0 Å². The Balaban J connectivity index is 3.26. The van der Waals surface area contributed by atoms with Gasteiger partial charge in [0.2, 0.25) is 0 Å². The summed E-state index contributed by atoms with van der Waals surface area (Å²) in [6, 6.07) is -0.229. The second kappa shape index (κ2) is 11.1. The molecule has 0 bridgehead atoms. The van der Waals surface area contributed by atoms with Gasteiger partial charge in [0.25, 0.3) is 0 Å². The molecule has 5 heteroatoms. The van der Waals surface area contributed by atoms with Gasteiger partial charge in [-0.15, -0.1) is 0 Å². The molecule has 1 heterocycles. The van der Waals surface area contributed by atoms with E-state index < -0.39 is 23.4 Å². The molecule has 0 radical (unpaired) electrons. The first kappa shape index (κ1) is 27.8. The number of nitrogens with zero attached hydrogens (tertiary/aromatic N) is 1. The van der Waals surface area contributed by atoms with Crippen LogP contribution in [-0.2, 0) is 4.74 Å². The van der Waals surface area contributed by atoms with Crippen LogP contribution < -0.4 is 0 Å². The van der Waals surface area contributed by atoms with E-state index in [4.69, 9.17) is 4.74 Å². The molecule has 0 spiro atoms. The van der Waals surface area contributed by atoms with Crippen LogP contribution in [0.5, 0.6) is 0 Å². The van der Waals surface area contributed by atoms with Gasteiger partial charge >= 0.3 is 0 Å². The molecule has 9 atom stereocenters. The van der Waals surface area contributed by atoms with Crippen molar-refractivity contribution in [2.75, 3.05) is 20.2 Å². The Morgan fingerprint density at radius 1 is 1.07 bits per heavy atom. The van der Waals surface area contributed by atoms with Gasteiger partial charge in [-0.1, -0.05) is 41.5 Å². The third kappa shape index (κ3) is 6.90. The van der Waals surface area contributed by atoms with Gasteiger partial charge in [0.05, 0.1) is 11.7 Å². The van der Waals surface area contributed by atoms with Crippen molar-refractivity contribution in [3.05, 3.63) is 0 Å². The van der Waals surface area contributed by atoms with Crippen LogP contribution in [0.2, 0.25) is 0 Å². The predicted molar refractivity (Wildman–Crippen MR) is 124 cm³/mol. The zero-order valence-electron chi connectivity index (χ0n) is 21.4. The van der Waals surface area contributed by atoms with Crippen LogP contribution >= 0.6 is 0 Å². The Kier molecular flexibility index (Phi) is 10.3. The minimum absolute atomic E-state index is 0.200. The zero-order chi connectivity index (χ0) is 23.4. The average Bonchev–Trinajstić information content (AvgIpc) is 2.58. The van der Waals surface area contributed by atoms with Crippen LogP contribution in [0.1, 0.15) is 81.6 Å². The molecule has 1 aliphatic heterocycles. The molecular weight excluding hydrogens is 378 g/mol. The number of likely N-dealkylation sites (N-methyl/N-ethyl adjacent to an activating group) is 1. The summed E-state index contributed by atoms with van der Waals surface area (Å²) in [5, 5.41) is 33.8. The number of ether oxygens (including phenoxy) is 1. The molecule has 0 aromatic carbocycles. The van der Waals surface area contributed by atoms with Crippen molar-refractivity contribution in [3.8, 4) is 0 Å². The highest BCUT2D eigenvalue weighted by Gasteiger charge is 2.44. The molecule has 5 nitrogen and oxygen atoms in total. The average molecular weight is 430 g/mol. The lowest BCUT2D eigenvalue weighted by atomic mass is 9.68. The maximum Gasteiger partial charge on any atom is 0.115 e. The van der Waals surface area contributed by atoms with Crippen molar-refractivity contribution in [2.24, 2.45) is 29.6 Å². The molecule has 1 fully saturated rings. The first-order valence-electron chi connectivity index (χ1n) is 12.1. The lowest BCUT2D eigenvalue weighted by Crippen LogP contribution is -2.58. The van der Waals surface area contributed by atoms with E-state index in [0.29, 0.717) is 37.2 Å². The Bertz CT molecular complexity index is 507. The molecule has 0 amide bonds. The van der Waals surface area contributed by atoms with Crippen LogP contribution in [0.25, 0.3) is 0 Å². The van der Waals surface area contributed by atoms with Gasteiger partial charge < -0.3 is 25.0 Å². The van der Waals surface area contributed by atoms with Crippen molar-refractivity contribution in [1.29, 1.82) is 0 Å². The SMILES string of the molecule is CC[C@H]1OC[C@H](C)C[C@H](C)[C@@H](C(C)C)[C@](C)(O)C[C@@H](C)CN(C)[C@H](C)[C@@H](O)[C@]1(C)O. The molecule has 1 rings (SSSR count). The number of aliphatic hydroxyl groups excluding tert-OH is 1. The summed E-state index contributed by atoms with van der Waals surface area (Å²) in [5.74, 6) is 1.51. The molecule has 3 N–H and O–H groups in total. The fourth-order valence-electron chi connectivity index (χ4n) is 6.30. The molecule has 30 heavy (non-hydrogen) atoms. The monoisotopic (exact) mass is 429 g/mol. The van der Waals surface area contributed by atoms with Crippen molar-refractivity contribution in [3.63, 3.8) is 0 Å². The van der Waals surface area contributed by atoms with E-state index in [1.165, 1.54) is 0 Å². The topological polar surface area (TPSA) is 73.2 Å². The van der Waals surface area contributed by atoms with Gasteiger partial charge in [-0.3, -0.25) is 0 Å². The third-order valence-electron chi connectivity index (χ3n) is 7.54. The molecule has 1 aliphatic rings. The predicted octanol–water partition coefficient (Wildman–Crippen LogP) is 3.94. The number of hydrogen-bond donors (Lipinski definition) is 3. The van der Waals surface area contributed by atoms with E-state index in [2.05, 4.69) is 39.5 Å². The molecule has 0 unspecified atom stereocenters. The van der Waals surface area contributed by atoms with E-state index in [1.807, 2.05) is 27.8 Å². The molecule has 0 aromatic rings. The lowest BCUT2D eigenvalue weighted by molar-refractivity contribution is -0.175. The van der Waals surface area contributed by atoms with Crippen LogP contribution in [0.3, 0.4) is 0 Å². The molecular formula is C25H51NO4. The number of rotatable bonds is 2. The maximum absolute atomic E-state index is 11.5. The van der Waals surface area contributed by atoms with E-state index in [0.717, 1.165) is 13.0 Å². The van der Waals surface area contributed by atoms with Crippen molar-refractivity contribution in [1.82, 2.24) is 4.90 Å². The van der Waals surface area contributed by atoms with Crippen LogP contribution in [-0.4, -0.2) is 69.9 Å². The largest absolute Gasteiger partial charge is 0.390 e. The summed E-state index contributed by atoms with van der Waals surface area (Å²) in [4.78, 5) is 2.10. The minimum atomic E-state index is -1.33. The van der Waals surface area contributed by atoms with Gasteiger partial charge in [0.1, 0.15) is 11.7 Å². The summed E-state index contributed by atoms with van der Waals surface area (Å²) in [7, 11) is 1.99. The van der Waals surface area contributed by atoms with Gasteiger partial charge in [-0.05, 0) is 76.7 Å². The smallest absolute Gasteiger partial charge is 0.115 e. The van der Waals surface area contributed by atoms with E-state index in [-0.39, 0.29) is 17.9 Å². The van der Waals surface area contributed by atoms with Crippen molar-refractivity contribution < 1.29 is 20.1 Å². The van der Waals surface area contributed by atoms with E-state index >= 15 is 0 Å². The van der Waals surface area contributed by atoms with Crippen LogP contribution in [0, 0.1) is 29.6 Å². The zero-order valence-corrected chi connectivity index (χ0v) is 21.4. The van der Waals surface area contributed by atoms with Gasteiger partial charge in [-0.25, -0.2) is 0 Å². The normalized spacial score (nSPS) is 46.4. The fourth-order valence-corrected chi connectivity index (χ4v) is 6.30. The summed E-state index contributed by atoms with van der Waals surface area (Å²) in [5.41, 5.74) is -2.09. The van der Waals surface area contributed by atoms with Crippen molar-refractivity contribution in [2.45, 2.75) is 111 Å². The first-order valence-corrected chi connectivity index (χ1v) is 12.1. The van der Waals surface area contributed by atoms with E-state index in [9.17, 15) is 15.3 Å². The molecule has 180 valence electrons. The summed E-state index contributed by atoms with van der Waals surface area (Å²) in [6.07, 6.45) is 0.968. The van der Waals surface area contributed by atoms with Crippen LogP contribution in [0.15, 0.2) is 0 Å². The minimum Gasteiger partial charge on any atom is -0.390 e. The Labute approximate surface area is 186 Å².